The number of aryl methyl sites for hydroxylation is 1. The van der Waals surface area contributed by atoms with E-state index >= 15 is 0 Å². The van der Waals surface area contributed by atoms with Gasteiger partial charge in [0, 0.05) is 17.5 Å². The molecule has 0 bridgehead atoms. The highest BCUT2D eigenvalue weighted by molar-refractivity contribution is 7.98. The number of thioether (sulfide) groups is 1. The molecule has 0 spiro atoms. The summed E-state index contributed by atoms with van der Waals surface area (Å²) in [6, 6.07) is 20.4. The summed E-state index contributed by atoms with van der Waals surface area (Å²) in [5, 5.41) is 3.19. The van der Waals surface area contributed by atoms with Crippen LogP contribution >= 0.6 is 11.8 Å². The van der Waals surface area contributed by atoms with Crippen molar-refractivity contribution in [1.29, 1.82) is 0 Å². The van der Waals surface area contributed by atoms with Crippen LogP contribution in [0, 0.1) is 6.92 Å². The lowest BCUT2D eigenvalue weighted by Crippen LogP contribution is -2.54. The lowest BCUT2D eigenvalue weighted by molar-refractivity contribution is -0.140. The molecule has 3 aromatic carbocycles. The van der Waals surface area contributed by atoms with E-state index < -0.39 is 28.5 Å². The van der Waals surface area contributed by atoms with Gasteiger partial charge in [-0.1, -0.05) is 56.0 Å². The van der Waals surface area contributed by atoms with Gasteiger partial charge in [0.2, 0.25) is 11.8 Å². The number of nitrogens with one attached hydrogen (secondary N) is 1. The van der Waals surface area contributed by atoms with Gasteiger partial charge < -0.3 is 15.0 Å². The first-order chi connectivity index (χ1) is 21.7. The summed E-state index contributed by atoms with van der Waals surface area (Å²) in [6.07, 6.45) is 7.46. The second kappa shape index (κ2) is 16.2. The van der Waals surface area contributed by atoms with Crippen LogP contribution < -0.4 is 14.4 Å². The highest BCUT2D eigenvalue weighted by atomic mass is 32.2. The fraction of sp³-hybridized carbons (Fsp3) is 0.429. The molecule has 0 aromatic heterocycles. The SMILES string of the molecule is CCOc1ccc(N(CC(=O)N(Cc2ccc(C)cc2)C(CC)C(=O)NC2CCCCC2)S(=O)(=O)c2ccc(SC)cc2)cc1. The predicted octanol–water partition coefficient (Wildman–Crippen LogP) is 6.57. The first-order valence-corrected chi connectivity index (χ1v) is 18.4. The smallest absolute Gasteiger partial charge is 0.264 e. The zero-order chi connectivity index (χ0) is 32.4. The molecule has 3 aromatic rings. The monoisotopic (exact) mass is 651 g/mol. The number of sulfonamides is 1. The van der Waals surface area contributed by atoms with Crippen molar-refractivity contribution in [2.75, 3.05) is 23.7 Å². The van der Waals surface area contributed by atoms with Gasteiger partial charge in [-0.2, -0.15) is 0 Å². The van der Waals surface area contributed by atoms with Gasteiger partial charge in [0.25, 0.3) is 10.0 Å². The molecular weight excluding hydrogens is 607 g/mol. The van der Waals surface area contributed by atoms with Gasteiger partial charge in [-0.25, -0.2) is 8.42 Å². The Morgan fingerprint density at radius 1 is 0.933 bits per heavy atom. The van der Waals surface area contributed by atoms with Crippen molar-refractivity contribution in [3.05, 3.63) is 83.9 Å². The Kier molecular flexibility index (Phi) is 12.4. The van der Waals surface area contributed by atoms with Gasteiger partial charge in [0.1, 0.15) is 18.3 Å². The number of amides is 2. The number of ether oxygens (including phenoxy) is 1. The summed E-state index contributed by atoms with van der Waals surface area (Å²) >= 11 is 1.52. The van der Waals surface area contributed by atoms with Crippen LogP contribution in [0.5, 0.6) is 5.75 Å². The Morgan fingerprint density at radius 3 is 2.16 bits per heavy atom. The summed E-state index contributed by atoms with van der Waals surface area (Å²) < 4.78 is 35.0. The molecule has 10 heteroatoms. The molecule has 2 amide bonds. The van der Waals surface area contributed by atoms with Crippen LogP contribution in [0.25, 0.3) is 0 Å². The molecule has 1 aliphatic carbocycles. The van der Waals surface area contributed by atoms with Gasteiger partial charge in [0.15, 0.2) is 0 Å². The van der Waals surface area contributed by atoms with Gasteiger partial charge in [-0.3, -0.25) is 13.9 Å². The lowest BCUT2D eigenvalue weighted by Gasteiger charge is -2.34. The zero-order valence-corrected chi connectivity index (χ0v) is 28.3. The van der Waals surface area contributed by atoms with Gasteiger partial charge in [0.05, 0.1) is 17.2 Å². The predicted molar refractivity (Wildman–Crippen MR) is 181 cm³/mol. The minimum Gasteiger partial charge on any atom is -0.494 e. The second-order valence-corrected chi connectivity index (χ2v) is 14.1. The molecule has 242 valence electrons. The standard InChI is InChI=1S/C35H45N3O5S2/c1-5-33(35(40)36-28-10-8-7-9-11-28)37(24-27-14-12-26(3)13-15-27)34(39)25-38(29-16-18-30(19-17-29)43-6-2)45(41,42)32-22-20-31(44-4)21-23-32/h12-23,28,33H,5-11,24-25H2,1-4H3,(H,36,40). The third kappa shape index (κ3) is 9.04. The Bertz CT molecular complexity index is 1500. The van der Waals surface area contributed by atoms with E-state index in [4.69, 9.17) is 4.74 Å². The number of anilines is 1. The van der Waals surface area contributed by atoms with Crippen molar-refractivity contribution in [2.24, 2.45) is 0 Å². The number of benzene rings is 3. The topological polar surface area (TPSA) is 96.0 Å². The molecule has 1 atom stereocenters. The van der Waals surface area contributed by atoms with Crippen LogP contribution in [-0.2, 0) is 26.2 Å². The van der Waals surface area contributed by atoms with Crippen molar-refractivity contribution in [3.8, 4) is 5.75 Å². The fourth-order valence-electron chi connectivity index (χ4n) is 5.63. The Balaban J connectivity index is 1.70. The minimum atomic E-state index is -4.15. The van der Waals surface area contributed by atoms with Gasteiger partial charge in [-0.15, -0.1) is 11.8 Å². The molecule has 4 rings (SSSR count). The number of nitrogens with zero attached hydrogens (tertiary/aromatic N) is 2. The van der Waals surface area contributed by atoms with Crippen molar-refractivity contribution in [3.63, 3.8) is 0 Å². The van der Waals surface area contributed by atoms with Crippen LogP contribution in [-0.4, -0.2) is 56.6 Å². The summed E-state index contributed by atoms with van der Waals surface area (Å²) in [6.45, 7) is 5.92. The summed E-state index contributed by atoms with van der Waals surface area (Å²) in [4.78, 5) is 30.6. The number of hydrogen-bond donors (Lipinski definition) is 1. The molecule has 1 N–H and O–H groups in total. The summed E-state index contributed by atoms with van der Waals surface area (Å²) in [7, 11) is -4.15. The first kappa shape index (κ1) is 34.4. The Hall–Kier alpha value is -3.50. The van der Waals surface area contributed by atoms with E-state index in [1.807, 2.05) is 51.3 Å². The average Bonchev–Trinajstić information content (AvgIpc) is 3.05. The van der Waals surface area contributed by atoms with Crippen LogP contribution in [0.4, 0.5) is 5.69 Å². The van der Waals surface area contributed by atoms with E-state index in [1.165, 1.54) is 16.7 Å². The van der Waals surface area contributed by atoms with Gasteiger partial charge >= 0.3 is 0 Å². The maximum absolute atomic E-state index is 14.4. The molecule has 45 heavy (non-hydrogen) atoms. The van der Waals surface area contributed by atoms with Crippen molar-refractivity contribution in [2.45, 2.75) is 87.7 Å². The molecule has 1 saturated carbocycles. The molecule has 1 aliphatic rings. The Morgan fingerprint density at radius 2 is 1.58 bits per heavy atom. The number of carbonyl (C=O) groups excluding carboxylic acids is 2. The van der Waals surface area contributed by atoms with Crippen LogP contribution in [0.2, 0.25) is 0 Å². The Labute approximate surface area is 272 Å². The largest absolute Gasteiger partial charge is 0.494 e. The van der Waals surface area contributed by atoms with E-state index in [9.17, 15) is 18.0 Å². The van der Waals surface area contributed by atoms with Crippen LogP contribution in [0.3, 0.4) is 0 Å². The fourth-order valence-corrected chi connectivity index (χ4v) is 7.46. The van der Waals surface area contributed by atoms with Gasteiger partial charge in [-0.05, 0) is 93.5 Å². The highest BCUT2D eigenvalue weighted by Gasteiger charge is 2.34. The summed E-state index contributed by atoms with van der Waals surface area (Å²) in [5.41, 5.74) is 2.27. The van der Waals surface area contributed by atoms with E-state index in [2.05, 4.69) is 5.32 Å². The maximum atomic E-state index is 14.4. The van der Waals surface area contributed by atoms with E-state index in [1.54, 1.807) is 48.5 Å². The van der Waals surface area contributed by atoms with E-state index in [0.717, 1.165) is 52.4 Å². The van der Waals surface area contributed by atoms with Crippen LogP contribution in [0.15, 0.2) is 82.6 Å². The average molecular weight is 652 g/mol. The first-order valence-electron chi connectivity index (χ1n) is 15.7. The normalized spacial score (nSPS) is 14.4. The van der Waals surface area contributed by atoms with Crippen molar-refractivity contribution >= 4 is 39.3 Å². The van der Waals surface area contributed by atoms with E-state index in [-0.39, 0.29) is 23.4 Å². The summed E-state index contributed by atoms with van der Waals surface area (Å²) in [5.74, 6) is -0.0620. The molecule has 1 unspecified atom stereocenters. The zero-order valence-electron chi connectivity index (χ0n) is 26.7. The lowest BCUT2D eigenvalue weighted by atomic mass is 9.95. The molecule has 0 aliphatic heterocycles. The molecule has 0 saturated heterocycles. The molecule has 1 fully saturated rings. The maximum Gasteiger partial charge on any atom is 0.264 e. The molecular formula is C35H45N3O5S2. The number of hydrogen-bond acceptors (Lipinski definition) is 6. The number of rotatable bonds is 14. The van der Waals surface area contributed by atoms with E-state index in [0.29, 0.717) is 24.5 Å². The third-order valence-electron chi connectivity index (χ3n) is 8.17. The molecule has 0 radical (unpaired) electrons. The second-order valence-electron chi connectivity index (χ2n) is 11.4. The number of carbonyl (C=O) groups is 2. The quantitative estimate of drug-likeness (QED) is 0.198. The van der Waals surface area contributed by atoms with Crippen molar-refractivity contribution < 1.29 is 22.7 Å². The minimum absolute atomic E-state index is 0.0779. The van der Waals surface area contributed by atoms with Crippen LogP contribution in [0.1, 0.15) is 63.5 Å². The highest BCUT2D eigenvalue weighted by Crippen LogP contribution is 2.28. The molecule has 0 heterocycles. The third-order valence-corrected chi connectivity index (χ3v) is 10.7. The molecule has 8 nitrogen and oxygen atoms in total. The van der Waals surface area contributed by atoms with Crippen molar-refractivity contribution in [1.82, 2.24) is 10.2 Å².